The minimum atomic E-state index is -0.205. The van der Waals surface area contributed by atoms with E-state index in [1.165, 1.54) is 18.4 Å². The second-order valence-electron chi connectivity index (χ2n) is 6.86. The molecule has 0 unspecified atom stereocenters. The average Bonchev–Trinajstić information content (AvgIpc) is 3.21. The van der Waals surface area contributed by atoms with Gasteiger partial charge in [0.15, 0.2) is 0 Å². The van der Waals surface area contributed by atoms with Gasteiger partial charge in [-0.3, -0.25) is 14.3 Å². The summed E-state index contributed by atoms with van der Waals surface area (Å²) >= 11 is 0. The highest BCUT2D eigenvalue weighted by atomic mass is 16.2. The van der Waals surface area contributed by atoms with Crippen LogP contribution in [0.1, 0.15) is 43.6 Å². The molecular weight excluding hydrogens is 304 g/mol. The first-order chi connectivity index (χ1) is 11.6. The first-order valence-corrected chi connectivity index (χ1v) is 8.74. The van der Waals surface area contributed by atoms with Crippen molar-refractivity contribution in [1.29, 1.82) is 0 Å². The highest BCUT2D eigenvalue weighted by Gasteiger charge is 2.40. The maximum Gasteiger partial charge on any atom is 0.226 e. The van der Waals surface area contributed by atoms with E-state index in [0.29, 0.717) is 19.5 Å². The number of nitrogens with zero attached hydrogens (tertiary/aromatic N) is 3. The van der Waals surface area contributed by atoms with Crippen molar-refractivity contribution in [2.75, 3.05) is 20.1 Å². The van der Waals surface area contributed by atoms with E-state index in [1.54, 1.807) is 17.9 Å². The van der Waals surface area contributed by atoms with Gasteiger partial charge in [-0.15, -0.1) is 0 Å². The van der Waals surface area contributed by atoms with E-state index < -0.39 is 0 Å². The Balaban J connectivity index is 1.72. The van der Waals surface area contributed by atoms with Gasteiger partial charge >= 0.3 is 0 Å². The monoisotopic (exact) mass is 330 g/mol. The lowest BCUT2D eigenvalue weighted by atomic mass is 9.90. The molecule has 1 aromatic heterocycles. The molecule has 1 N–H and O–H groups in total. The van der Waals surface area contributed by atoms with Gasteiger partial charge in [0.05, 0.1) is 12.1 Å². The van der Waals surface area contributed by atoms with E-state index in [2.05, 4.69) is 16.5 Å². The van der Waals surface area contributed by atoms with Crippen molar-refractivity contribution in [3.05, 3.63) is 29.6 Å². The van der Waals surface area contributed by atoms with Crippen LogP contribution in [-0.2, 0) is 16.6 Å². The third-order valence-electron chi connectivity index (χ3n) is 5.17. The Kier molecular flexibility index (Phi) is 5.02. The summed E-state index contributed by atoms with van der Waals surface area (Å²) in [6.07, 6.45) is 11.0. The Morgan fingerprint density at radius 2 is 2.17 bits per heavy atom. The van der Waals surface area contributed by atoms with Crippen LogP contribution in [0.25, 0.3) is 0 Å². The Hall–Kier alpha value is -2.11. The average molecular weight is 330 g/mol. The quantitative estimate of drug-likeness (QED) is 0.853. The van der Waals surface area contributed by atoms with E-state index in [9.17, 15) is 9.59 Å². The summed E-state index contributed by atoms with van der Waals surface area (Å²) < 4.78 is 1.74. The molecule has 1 aromatic rings. The number of allylic oxidation sites excluding steroid dienone is 1. The molecule has 0 saturated carbocycles. The molecule has 2 atom stereocenters. The lowest BCUT2D eigenvalue weighted by molar-refractivity contribution is -0.130. The minimum absolute atomic E-state index is 0.00367. The van der Waals surface area contributed by atoms with Gasteiger partial charge in [-0.05, 0) is 31.2 Å². The van der Waals surface area contributed by atoms with Crippen LogP contribution >= 0.6 is 0 Å². The summed E-state index contributed by atoms with van der Waals surface area (Å²) in [5.41, 5.74) is 2.28. The van der Waals surface area contributed by atoms with Crippen LogP contribution in [0, 0.1) is 5.92 Å². The van der Waals surface area contributed by atoms with Gasteiger partial charge in [0.2, 0.25) is 11.8 Å². The lowest BCUT2D eigenvalue weighted by Crippen LogP contribution is -2.33. The van der Waals surface area contributed by atoms with Crippen LogP contribution in [0.4, 0.5) is 0 Å². The first kappa shape index (κ1) is 16.7. The molecule has 1 saturated heterocycles. The SMILES string of the molecule is CNC(=O)[C@H]1CN(C(=O)CC2=CCCCC2)C[C@@H]1c1cnn(C)c1. The fourth-order valence-electron chi connectivity index (χ4n) is 3.80. The maximum atomic E-state index is 12.7. The number of hydrogen-bond acceptors (Lipinski definition) is 3. The third kappa shape index (κ3) is 3.52. The maximum absolute atomic E-state index is 12.7. The molecule has 3 rings (SSSR count). The van der Waals surface area contributed by atoms with Crippen molar-refractivity contribution in [1.82, 2.24) is 20.0 Å². The molecule has 2 amide bonds. The van der Waals surface area contributed by atoms with Gasteiger partial charge in [0.25, 0.3) is 0 Å². The van der Waals surface area contributed by atoms with Crippen LogP contribution in [0.3, 0.4) is 0 Å². The van der Waals surface area contributed by atoms with Gasteiger partial charge in [0.1, 0.15) is 0 Å². The van der Waals surface area contributed by atoms with Crippen LogP contribution in [-0.4, -0.2) is 46.6 Å². The van der Waals surface area contributed by atoms with E-state index in [0.717, 1.165) is 18.4 Å². The normalized spacial score (nSPS) is 23.9. The molecule has 2 heterocycles. The Labute approximate surface area is 142 Å². The molecule has 6 heteroatoms. The zero-order chi connectivity index (χ0) is 17.1. The molecule has 0 spiro atoms. The predicted molar refractivity (Wildman–Crippen MR) is 91.3 cm³/mol. The van der Waals surface area contributed by atoms with Gasteiger partial charge in [-0.25, -0.2) is 0 Å². The smallest absolute Gasteiger partial charge is 0.226 e. The van der Waals surface area contributed by atoms with E-state index in [1.807, 2.05) is 18.1 Å². The number of hydrogen-bond donors (Lipinski definition) is 1. The molecule has 2 aliphatic rings. The fourth-order valence-corrected chi connectivity index (χ4v) is 3.80. The standard InChI is InChI=1S/C18H26N4O2/c1-19-18(24)16-12-22(11-15(16)14-9-20-21(2)10-14)17(23)8-13-6-4-3-5-7-13/h6,9-10,15-16H,3-5,7-8,11-12H2,1-2H3,(H,19,24)/t15-,16+/m1/s1. The van der Waals surface area contributed by atoms with Crippen LogP contribution in [0.15, 0.2) is 24.0 Å². The number of amides is 2. The molecule has 1 fully saturated rings. The zero-order valence-corrected chi connectivity index (χ0v) is 14.5. The van der Waals surface area contributed by atoms with Crippen molar-refractivity contribution in [2.45, 2.75) is 38.0 Å². The molecule has 130 valence electrons. The number of carbonyl (C=O) groups is 2. The zero-order valence-electron chi connectivity index (χ0n) is 14.5. The summed E-state index contributed by atoms with van der Waals surface area (Å²) in [5.74, 6) is -0.0501. The fraction of sp³-hybridized carbons (Fsp3) is 0.611. The predicted octanol–water partition coefficient (Wildman–Crippen LogP) is 1.60. The van der Waals surface area contributed by atoms with Crippen molar-refractivity contribution < 1.29 is 9.59 Å². The first-order valence-electron chi connectivity index (χ1n) is 8.74. The molecule has 24 heavy (non-hydrogen) atoms. The Morgan fingerprint density at radius 3 is 2.79 bits per heavy atom. The second kappa shape index (κ2) is 7.20. The molecule has 1 aliphatic carbocycles. The third-order valence-corrected chi connectivity index (χ3v) is 5.17. The summed E-state index contributed by atoms with van der Waals surface area (Å²) in [7, 11) is 3.52. The summed E-state index contributed by atoms with van der Waals surface area (Å²) in [4.78, 5) is 26.8. The molecule has 6 nitrogen and oxygen atoms in total. The molecule has 0 aromatic carbocycles. The van der Waals surface area contributed by atoms with Crippen LogP contribution in [0.5, 0.6) is 0 Å². The Morgan fingerprint density at radius 1 is 1.33 bits per heavy atom. The second-order valence-corrected chi connectivity index (χ2v) is 6.86. The minimum Gasteiger partial charge on any atom is -0.359 e. The molecule has 1 aliphatic heterocycles. The largest absolute Gasteiger partial charge is 0.359 e. The highest BCUT2D eigenvalue weighted by Crippen LogP contribution is 2.33. The Bertz CT molecular complexity index is 649. The number of carbonyl (C=O) groups excluding carboxylic acids is 2. The van der Waals surface area contributed by atoms with Crippen molar-refractivity contribution in [3.8, 4) is 0 Å². The number of aromatic nitrogens is 2. The van der Waals surface area contributed by atoms with Gasteiger partial charge in [-0.1, -0.05) is 11.6 Å². The van der Waals surface area contributed by atoms with E-state index in [4.69, 9.17) is 0 Å². The van der Waals surface area contributed by atoms with E-state index >= 15 is 0 Å². The molecular formula is C18H26N4O2. The number of likely N-dealkylation sites (tertiary alicyclic amines) is 1. The number of rotatable bonds is 4. The summed E-state index contributed by atoms with van der Waals surface area (Å²) in [5, 5.41) is 6.96. The number of aryl methyl sites for hydroxylation is 1. The topological polar surface area (TPSA) is 67.2 Å². The summed E-state index contributed by atoms with van der Waals surface area (Å²) in [6, 6.07) is 0. The highest BCUT2D eigenvalue weighted by molar-refractivity contribution is 5.84. The van der Waals surface area contributed by atoms with Gasteiger partial charge in [0, 0.05) is 45.7 Å². The summed E-state index contributed by atoms with van der Waals surface area (Å²) in [6.45, 7) is 1.08. The van der Waals surface area contributed by atoms with Crippen molar-refractivity contribution in [2.24, 2.45) is 13.0 Å². The van der Waals surface area contributed by atoms with Crippen LogP contribution in [0.2, 0.25) is 0 Å². The molecule has 0 bridgehead atoms. The number of nitrogens with one attached hydrogen (secondary N) is 1. The van der Waals surface area contributed by atoms with Crippen molar-refractivity contribution in [3.63, 3.8) is 0 Å². The van der Waals surface area contributed by atoms with Gasteiger partial charge in [-0.2, -0.15) is 5.10 Å². The molecule has 0 radical (unpaired) electrons. The van der Waals surface area contributed by atoms with Crippen LogP contribution < -0.4 is 5.32 Å². The van der Waals surface area contributed by atoms with Crippen molar-refractivity contribution >= 4 is 11.8 Å². The lowest BCUT2D eigenvalue weighted by Gasteiger charge is -2.19. The van der Waals surface area contributed by atoms with Gasteiger partial charge < -0.3 is 10.2 Å². The van der Waals surface area contributed by atoms with E-state index in [-0.39, 0.29) is 23.7 Å².